The van der Waals surface area contributed by atoms with E-state index in [4.69, 9.17) is 0 Å². The zero-order valence-electron chi connectivity index (χ0n) is 14.2. The van der Waals surface area contributed by atoms with Gasteiger partial charge in [0.05, 0.1) is 17.2 Å². The van der Waals surface area contributed by atoms with Gasteiger partial charge in [-0.2, -0.15) is 26.3 Å². The van der Waals surface area contributed by atoms with Crippen LogP contribution in [0.4, 0.5) is 26.3 Å². The van der Waals surface area contributed by atoms with E-state index in [1.807, 2.05) is 0 Å². The summed E-state index contributed by atoms with van der Waals surface area (Å²) >= 11 is 0. The molecule has 2 aromatic rings. The third-order valence-corrected chi connectivity index (χ3v) is 4.80. The number of hydrogen-bond acceptors (Lipinski definition) is 2. The van der Waals surface area contributed by atoms with Crippen molar-refractivity contribution >= 4 is 5.91 Å². The summed E-state index contributed by atoms with van der Waals surface area (Å²) in [5.41, 5.74) is -3.77. The number of aliphatic hydroxyl groups is 1. The Balaban J connectivity index is 2.07. The van der Waals surface area contributed by atoms with Crippen molar-refractivity contribution in [1.82, 2.24) is 5.32 Å². The lowest BCUT2D eigenvalue weighted by atomic mass is 9.79. The maximum absolute atomic E-state index is 12.8. The average molecular weight is 403 g/mol. The van der Waals surface area contributed by atoms with Crippen LogP contribution in [0.25, 0.3) is 0 Å². The Kier molecular flexibility index (Phi) is 4.91. The van der Waals surface area contributed by atoms with Crippen LogP contribution in [-0.2, 0) is 22.7 Å². The number of amides is 1. The topological polar surface area (TPSA) is 49.3 Å². The molecular formula is C19H15F6NO2. The molecule has 0 aliphatic carbocycles. The molecule has 1 aliphatic heterocycles. The van der Waals surface area contributed by atoms with Crippen LogP contribution in [0.5, 0.6) is 0 Å². The predicted octanol–water partition coefficient (Wildman–Crippen LogP) is 4.24. The van der Waals surface area contributed by atoms with Crippen LogP contribution in [0, 0.1) is 0 Å². The molecule has 28 heavy (non-hydrogen) atoms. The first-order valence-electron chi connectivity index (χ1n) is 8.29. The molecule has 0 bridgehead atoms. The summed E-state index contributed by atoms with van der Waals surface area (Å²) in [6, 6.07) is 6.46. The molecule has 1 atom stereocenters. The van der Waals surface area contributed by atoms with Crippen molar-refractivity contribution in [2.24, 2.45) is 0 Å². The minimum absolute atomic E-state index is 0.0347. The molecule has 3 nitrogen and oxygen atoms in total. The molecule has 1 heterocycles. The average Bonchev–Trinajstić information content (AvgIpc) is 3.07. The summed E-state index contributed by atoms with van der Waals surface area (Å²) < 4.78 is 76.9. The van der Waals surface area contributed by atoms with Crippen molar-refractivity contribution in [2.45, 2.75) is 36.8 Å². The van der Waals surface area contributed by atoms with E-state index in [9.17, 15) is 36.2 Å². The van der Waals surface area contributed by atoms with Gasteiger partial charge in [-0.1, -0.05) is 24.3 Å². The highest BCUT2D eigenvalue weighted by molar-refractivity contribution is 5.79. The second-order valence-corrected chi connectivity index (χ2v) is 6.58. The van der Waals surface area contributed by atoms with Crippen LogP contribution in [0.15, 0.2) is 48.5 Å². The fourth-order valence-corrected chi connectivity index (χ4v) is 3.32. The Morgan fingerprint density at radius 3 is 1.39 bits per heavy atom. The smallest absolute Gasteiger partial charge is 0.378 e. The summed E-state index contributed by atoms with van der Waals surface area (Å²) in [6.45, 7) is 0. The minimum atomic E-state index is -4.58. The Bertz CT molecular complexity index is 798. The van der Waals surface area contributed by atoms with E-state index in [0.29, 0.717) is 0 Å². The lowest BCUT2D eigenvalue weighted by molar-refractivity contribution is -0.138. The summed E-state index contributed by atoms with van der Waals surface area (Å²) in [5, 5.41) is 13.9. The molecule has 0 unspecified atom stereocenters. The molecule has 1 fully saturated rings. The molecule has 0 radical (unpaired) electrons. The number of halogens is 6. The van der Waals surface area contributed by atoms with Crippen molar-refractivity contribution in [1.29, 1.82) is 0 Å². The molecular weight excluding hydrogens is 388 g/mol. The van der Waals surface area contributed by atoms with Crippen LogP contribution in [-0.4, -0.2) is 17.1 Å². The Morgan fingerprint density at radius 2 is 1.11 bits per heavy atom. The zero-order chi connectivity index (χ0) is 20.7. The molecule has 0 aromatic heterocycles. The van der Waals surface area contributed by atoms with Crippen molar-refractivity contribution < 1.29 is 36.2 Å². The van der Waals surface area contributed by atoms with E-state index < -0.39 is 35.1 Å². The van der Waals surface area contributed by atoms with Crippen LogP contribution < -0.4 is 5.32 Å². The Hall–Kier alpha value is -2.55. The Morgan fingerprint density at radius 1 is 0.750 bits per heavy atom. The second kappa shape index (κ2) is 6.80. The number of benzene rings is 2. The first-order chi connectivity index (χ1) is 12.9. The standard InChI is InChI=1S/C19H15F6NO2/c20-18(21,22)13-5-1-11(2-6-13)17(28,15-9-10-16(27)26-15)12-3-7-14(8-4-12)19(23,24)25/h1-8,15,28H,9-10H2,(H,26,27)/t15-/m1/s1. The first kappa shape index (κ1) is 20.2. The number of carbonyl (C=O) groups is 1. The highest BCUT2D eigenvalue weighted by atomic mass is 19.4. The van der Waals surface area contributed by atoms with Crippen LogP contribution in [0.1, 0.15) is 35.1 Å². The van der Waals surface area contributed by atoms with Gasteiger partial charge < -0.3 is 10.4 Å². The zero-order valence-corrected chi connectivity index (χ0v) is 14.2. The van der Waals surface area contributed by atoms with Gasteiger partial charge in [0.2, 0.25) is 5.91 Å². The van der Waals surface area contributed by atoms with Crippen LogP contribution in [0.3, 0.4) is 0 Å². The maximum Gasteiger partial charge on any atom is 0.416 e. The number of hydrogen-bond donors (Lipinski definition) is 2. The van der Waals surface area contributed by atoms with Crippen molar-refractivity contribution in [3.05, 3.63) is 70.8 Å². The summed E-state index contributed by atoms with van der Waals surface area (Å²) in [5.74, 6) is -0.359. The van der Waals surface area contributed by atoms with Gasteiger partial charge in [-0.25, -0.2) is 0 Å². The van der Waals surface area contributed by atoms with E-state index in [0.717, 1.165) is 48.5 Å². The Labute approximate surface area is 156 Å². The minimum Gasteiger partial charge on any atom is -0.378 e. The largest absolute Gasteiger partial charge is 0.416 e. The molecule has 1 amide bonds. The molecule has 150 valence electrons. The predicted molar refractivity (Wildman–Crippen MR) is 87.1 cm³/mol. The van der Waals surface area contributed by atoms with Gasteiger partial charge in [0.25, 0.3) is 0 Å². The summed E-state index contributed by atoms with van der Waals surface area (Å²) in [6.07, 6.45) is -8.88. The second-order valence-electron chi connectivity index (χ2n) is 6.58. The van der Waals surface area contributed by atoms with Gasteiger partial charge in [-0.15, -0.1) is 0 Å². The van der Waals surface area contributed by atoms with Gasteiger partial charge >= 0.3 is 12.4 Å². The quantitative estimate of drug-likeness (QED) is 0.754. The van der Waals surface area contributed by atoms with Crippen molar-refractivity contribution in [2.75, 3.05) is 0 Å². The van der Waals surface area contributed by atoms with E-state index in [2.05, 4.69) is 5.32 Å². The number of alkyl halides is 6. The monoisotopic (exact) mass is 403 g/mol. The fraction of sp³-hybridized carbons (Fsp3) is 0.316. The van der Waals surface area contributed by atoms with Gasteiger partial charge in [0.1, 0.15) is 5.60 Å². The first-order valence-corrected chi connectivity index (χ1v) is 8.29. The molecule has 9 heteroatoms. The van der Waals surface area contributed by atoms with Gasteiger partial charge in [0.15, 0.2) is 0 Å². The highest BCUT2D eigenvalue weighted by Gasteiger charge is 2.44. The molecule has 2 N–H and O–H groups in total. The summed E-state index contributed by atoms with van der Waals surface area (Å²) in [7, 11) is 0. The van der Waals surface area contributed by atoms with E-state index in [1.165, 1.54) is 0 Å². The fourth-order valence-electron chi connectivity index (χ4n) is 3.32. The molecule has 0 spiro atoms. The van der Waals surface area contributed by atoms with E-state index in [1.54, 1.807) is 0 Å². The third kappa shape index (κ3) is 3.71. The lowest BCUT2D eigenvalue weighted by Gasteiger charge is -2.35. The molecule has 0 saturated carbocycles. The van der Waals surface area contributed by atoms with E-state index >= 15 is 0 Å². The lowest BCUT2D eigenvalue weighted by Crippen LogP contribution is -2.47. The normalized spacial score (nSPS) is 18.2. The van der Waals surface area contributed by atoms with Gasteiger partial charge in [-0.05, 0) is 41.8 Å². The van der Waals surface area contributed by atoms with Crippen molar-refractivity contribution in [3.8, 4) is 0 Å². The van der Waals surface area contributed by atoms with Gasteiger partial charge in [0, 0.05) is 6.42 Å². The van der Waals surface area contributed by atoms with Gasteiger partial charge in [-0.3, -0.25) is 4.79 Å². The highest BCUT2D eigenvalue weighted by Crippen LogP contribution is 2.39. The van der Waals surface area contributed by atoms with E-state index in [-0.39, 0.29) is 29.9 Å². The summed E-state index contributed by atoms with van der Waals surface area (Å²) in [4.78, 5) is 11.6. The van der Waals surface area contributed by atoms with Crippen LogP contribution in [0.2, 0.25) is 0 Å². The van der Waals surface area contributed by atoms with Crippen molar-refractivity contribution in [3.63, 3.8) is 0 Å². The number of nitrogens with one attached hydrogen (secondary N) is 1. The number of rotatable bonds is 3. The molecule has 1 aliphatic rings. The molecule has 1 saturated heterocycles. The molecule has 3 rings (SSSR count). The maximum atomic E-state index is 12.8. The SMILES string of the molecule is O=C1CC[C@H](C(O)(c2ccc(C(F)(F)F)cc2)c2ccc(C(F)(F)F)cc2)N1. The third-order valence-electron chi connectivity index (χ3n) is 4.80. The molecule has 2 aromatic carbocycles. The number of carbonyl (C=O) groups excluding carboxylic acids is 1. The van der Waals surface area contributed by atoms with Crippen LogP contribution >= 0.6 is 0 Å².